The van der Waals surface area contributed by atoms with Crippen molar-refractivity contribution in [3.05, 3.63) is 12.2 Å². The molecular weight excluding hydrogens is 162 g/mol. The summed E-state index contributed by atoms with van der Waals surface area (Å²) in [5.41, 5.74) is 1.01. The Kier molecular flexibility index (Phi) is 2.62. The first-order chi connectivity index (χ1) is 5.83. The van der Waals surface area contributed by atoms with Gasteiger partial charge in [-0.15, -0.1) is 0 Å². The summed E-state index contributed by atoms with van der Waals surface area (Å²) in [4.78, 5) is 13.7. The molecule has 1 aliphatic carbocycles. The van der Waals surface area contributed by atoms with Gasteiger partial charge in [0.1, 0.15) is 0 Å². The van der Waals surface area contributed by atoms with E-state index in [1.807, 2.05) is 19.0 Å². The number of hydrogen-bond acceptors (Lipinski definition) is 2. The molecule has 0 N–H and O–H groups in total. The molecule has 1 saturated carbocycles. The van der Waals surface area contributed by atoms with Gasteiger partial charge in [-0.25, -0.2) is 0 Å². The molecule has 13 heavy (non-hydrogen) atoms. The van der Waals surface area contributed by atoms with Gasteiger partial charge in [-0.05, 0) is 37.9 Å². The fourth-order valence-electron chi connectivity index (χ4n) is 2.01. The Hall–Kier alpha value is -0.630. The molecule has 0 aromatic carbocycles. The zero-order valence-electron chi connectivity index (χ0n) is 9.05. The van der Waals surface area contributed by atoms with Gasteiger partial charge in [0.25, 0.3) is 0 Å². The second-order valence-electron chi connectivity index (χ2n) is 4.99. The lowest BCUT2D eigenvalue weighted by Crippen LogP contribution is -2.44. The number of hydrogen-bond donors (Lipinski definition) is 0. The van der Waals surface area contributed by atoms with Gasteiger partial charge in [0, 0.05) is 0 Å². The molecule has 0 aromatic heterocycles. The lowest BCUT2D eigenvalue weighted by molar-refractivity contribution is -0.122. The van der Waals surface area contributed by atoms with Crippen LogP contribution in [-0.4, -0.2) is 30.8 Å². The third-order valence-corrected chi connectivity index (χ3v) is 2.71. The van der Waals surface area contributed by atoms with Gasteiger partial charge in [-0.1, -0.05) is 20.4 Å². The van der Waals surface area contributed by atoms with E-state index in [0.29, 0.717) is 0 Å². The Labute approximate surface area is 80.6 Å². The van der Waals surface area contributed by atoms with E-state index in [2.05, 4.69) is 20.4 Å². The molecule has 1 rings (SSSR count). The van der Waals surface area contributed by atoms with E-state index in [-0.39, 0.29) is 17.2 Å². The Morgan fingerprint density at radius 3 is 2.46 bits per heavy atom. The molecule has 2 heteroatoms. The van der Waals surface area contributed by atoms with Crippen LogP contribution in [0.15, 0.2) is 12.2 Å². The molecular formula is C11H19NO. The van der Waals surface area contributed by atoms with Crippen LogP contribution >= 0.6 is 0 Å². The maximum Gasteiger partial charge on any atom is 0.175 e. The summed E-state index contributed by atoms with van der Waals surface area (Å²) in [5.74, 6) is 0.226. The Balaban J connectivity index is 2.85. The predicted octanol–water partition coefficient (Wildman–Crippen LogP) is 1.86. The molecule has 0 spiro atoms. The number of nitrogens with zero attached hydrogens (tertiary/aromatic N) is 1. The van der Waals surface area contributed by atoms with Crippen molar-refractivity contribution >= 4 is 5.78 Å². The van der Waals surface area contributed by atoms with Crippen LogP contribution in [0, 0.1) is 5.41 Å². The molecule has 1 aliphatic rings. The van der Waals surface area contributed by atoms with Gasteiger partial charge in [0.05, 0.1) is 6.04 Å². The molecule has 1 unspecified atom stereocenters. The van der Waals surface area contributed by atoms with Crippen molar-refractivity contribution in [3.8, 4) is 0 Å². The molecule has 0 bridgehead atoms. The van der Waals surface area contributed by atoms with Gasteiger partial charge >= 0.3 is 0 Å². The molecule has 0 amide bonds. The number of Topliss-reactive ketones (excluding diaryl/α,β-unsaturated/α-hetero) is 1. The molecule has 0 aliphatic heterocycles. The summed E-state index contributed by atoms with van der Waals surface area (Å²) < 4.78 is 0. The average molecular weight is 181 g/mol. The molecule has 2 nitrogen and oxygen atoms in total. The van der Waals surface area contributed by atoms with Crippen molar-refractivity contribution in [3.63, 3.8) is 0 Å². The fraction of sp³-hybridized carbons (Fsp3) is 0.727. The second kappa shape index (κ2) is 3.26. The quantitative estimate of drug-likeness (QED) is 0.575. The number of carbonyl (C=O) groups is 1. The lowest BCUT2D eigenvalue weighted by Gasteiger charge is -2.38. The fourth-order valence-corrected chi connectivity index (χ4v) is 2.01. The first-order valence-corrected chi connectivity index (χ1v) is 4.72. The number of likely N-dealkylation sites (N-methyl/N-ethyl adjacent to an activating group) is 1. The minimum Gasteiger partial charge on any atom is -0.299 e. The first kappa shape index (κ1) is 10.5. The van der Waals surface area contributed by atoms with E-state index in [4.69, 9.17) is 0 Å². The maximum absolute atomic E-state index is 11.7. The van der Waals surface area contributed by atoms with E-state index in [0.717, 1.165) is 18.4 Å². The van der Waals surface area contributed by atoms with Gasteiger partial charge in [0.15, 0.2) is 5.78 Å². The van der Waals surface area contributed by atoms with E-state index in [9.17, 15) is 4.79 Å². The van der Waals surface area contributed by atoms with Gasteiger partial charge in [-0.3, -0.25) is 9.69 Å². The Bertz CT molecular complexity index is 240. The number of carbonyl (C=O) groups excluding carboxylic acids is 1. The van der Waals surface area contributed by atoms with Gasteiger partial charge in [0.2, 0.25) is 0 Å². The molecule has 0 radical (unpaired) electrons. The van der Waals surface area contributed by atoms with Crippen LogP contribution in [-0.2, 0) is 4.79 Å². The SMILES string of the molecule is C=C1CC(C)(C)CC(N(C)C)C1=O. The molecule has 74 valence electrons. The zero-order chi connectivity index (χ0) is 10.2. The van der Waals surface area contributed by atoms with Gasteiger partial charge in [-0.2, -0.15) is 0 Å². The summed E-state index contributed by atoms with van der Waals surface area (Å²) >= 11 is 0. The first-order valence-electron chi connectivity index (χ1n) is 4.72. The third kappa shape index (κ3) is 2.19. The number of rotatable bonds is 1. The van der Waals surface area contributed by atoms with Crippen LogP contribution in [0.5, 0.6) is 0 Å². The highest BCUT2D eigenvalue weighted by atomic mass is 16.1. The van der Waals surface area contributed by atoms with E-state index < -0.39 is 0 Å². The second-order valence-corrected chi connectivity index (χ2v) is 4.99. The summed E-state index contributed by atoms with van der Waals surface area (Å²) in [6.07, 6.45) is 1.79. The normalized spacial score (nSPS) is 28.2. The van der Waals surface area contributed by atoms with Crippen molar-refractivity contribution < 1.29 is 4.79 Å². The molecule has 0 saturated heterocycles. The highest BCUT2D eigenvalue weighted by molar-refractivity contribution is 5.99. The highest BCUT2D eigenvalue weighted by Gasteiger charge is 2.36. The van der Waals surface area contributed by atoms with Crippen LogP contribution in [0.4, 0.5) is 0 Å². The van der Waals surface area contributed by atoms with Crippen LogP contribution in [0.2, 0.25) is 0 Å². The van der Waals surface area contributed by atoms with Gasteiger partial charge < -0.3 is 0 Å². The minimum absolute atomic E-state index is 0.0382. The highest BCUT2D eigenvalue weighted by Crippen LogP contribution is 2.37. The van der Waals surface area contributed by atoms with Crippen molar-refractivity contribution in [2.45, 2.75) is 32.7 Å². The van der Waals surface area contributed by atoms with Crippen LogP contribution in [0.1, 0.15) is 26.7 Å². The van der Waals surface area contributed by atoms with E-state index in [1.165, 1.54) is 0 Å². The third-order valence-electron chi connectivity index (χ3n) is 2.71. The molecule has 1 atom stereocenters. The monoisotopic (exact) mass is 181 g/mol. The smallest absolute Gasteiger partial charge is 0.175 e. The maximum atomic E-state index is 11.7. The molecule has 0 aromatic rings. The Morgan fingerprint density at radius 2 is 2.00 bits per heavy atom. The van der Waals surface area contributed by atoms with Crippen LogP contribution in [0.3, 0.4) is 0 Å². The van der Waals surface area contributed by atoms with E-state index in [1.54, 1.807) is 0 Å². The Morgan fingerprint density at radius 1 is 1.46 bits per heavy atom. The average Bonchev–Trinajstić information content (AvgIpc) is 1.95. The van der Waals surface area contributed by atoms with Crippen molar-refractivity contribution in [2.24, 2.45) is 5.41 Å². The van der Waals surface area contributed by atoms with E-state index >= 15 is 0 Å². The summed E-state index contributed by atoms with van der Waals surface area (Å²) in [6, 6.07) is 0.0382. The molecule has 0 heterocycles. The minimum atomic E-state index is 0.0382. The zero-order valence-corrected chi connectivity index (χ0v) is 9.05. The number of ketones is 1. The lowest BCUT2D eigenvalue weighted by atomic mass is 9.72. The van der Waals surface area contributed by atoms with Crippen LogP contribution < -0.4 is 0 Å². The topological polar surface area (TPSA) is 20.3 Å². The van der Waals surface area contributed by atoms with Crippen molar-refractivity contribution in [1.29, 1.82) is 0 Å². The summed E-state index contributed by atoms with van der Waals surface area (Å²) in [5, 5.41) is 0. The van der Waals surface area contributed by atoms with Crippen molar-refractivity contribution in [2.75, 3.05) is 14.1 Å². The standard InChI is InChI=1S/C11H19NO/c1-8-6-11(2,3)7-9(10(8)13)12(4)5/h9H,1,6-7H2,2-5H3. The largest absolute Gasteiger partial charge is 0.299 e. The summed E-state index contributed by atoms with van der Waals surface area (Å²) in [6.45, 7) is 8.24. The predicted molar refractivity (Wildman–Crippen MR) is 54.6 cm³/mol. The molecule has 1 fully saturated rings. The van der Waals surface area contributed by atoms with Crippen molar-refractivity contribution in [1.82, 2.24) is 4.90 Å². The van der Waals surface area contributed by atoms with Crippen LogP contribution in [0.25, 0.3) is 0 Å². The summed E-state index contributed by atoms with van der Waals surface area (Å²) in [7, 11) is 3.91.